The molecule has 1 amide bonds. The molecule has 8 nitrogen and oxygen atoms in total. The van der Waals surface area contributed by atoms with E-state index in [1.807, 2.05) is 48.5 Å². The van der Waals surface area contributed by atoms with Crippen molar-refractivity contribution in [1.82, 2.24) is 9.78 Å². The van der Waals surface area contributed by atoms with Crippen molar-refractivity contribution in [1.29, 1.82) is 0 Å². The van der Waals surface area contributed by atoms with Gasteiger partial charge in [-0.05, 0) is 30.3 Å². The normalized spacial score (nSPS) is 10.5. The van der Waals surface area contributed by atoms with Gasteiger partial charge in [-0.2, -0.15) is 5.10 Å². The molecule has 0 aliphatic rings. The number of nitrogens with one attached hydrogen (secondary N) is 1. The summed E-state index contributed by atoms with van der Waals surface area (Å²) in [5.41, 5.74) is 2.39. The van der Waals surface area contributed by atoms with Crippen LogP contribution in [0.15, 0.2) is 85.1 Å². The minimum absolute atomic E-state index is 0.109. The SMILES string of the molecule is COc1ccccc1-c1nn(-c2ccccc2)cc1C(=O)Nc1cccc([N+](=O)[O-])c1. The van der Waals surface area contributed by atoms with Gasteiger partial charge in [-0.3, -0.25) is 14.9 Å². The molecule has 0 bridgehead atoms. The number of methoxy groups -OCH3 is 1. The lowest BCUT2D eigenvalue weighted by molar-refractivity contribution is -0.384. The Balaban J connectivity index is 1.78. The van der Waals surface area contributed by atoms with Crippen LogP contribution in [0.1, 0.15) is 10.4 Å². The van der Waals surface area contributed by atoms with Gasteiger partial charge < -0.3 is 10.1 Å². The Hall–Kier alpha value is -4.46. The van der Waals surface area contributed by atoms with Crippen LogP contribution in [0, 0.1) is 10.1 Å². The summed E-state index contributed by atoms with van der Waals surface area (Å²) in [6.45, 7) is 0. The molecule has 154 valence electrons. The fourth-order valence-electron chi connectivity index (χ4n) is 3.19. The van der Waals surface area contributed by atoms with E-state index in [9.17, 15) is 14.9 Å². The quantitative estimate of drug-likeness (QED) is 0.364. The number of amides is 1. The van der Waals surface area contributed by atoms with Crippen LogP contribution in [0.4, 0.5) is 11.4 Å². The number of rotatable bonds is 6. The Morgan fingerprint density at radius 1 is 1.03 bits per heavy atom. The number of para-hydroxylation sites is 2. The molecule has 1 N–H and O–H groups in total. The fourth-order valence-corrected chi connectivity index (χ4v) is 3.19. The van der Waals surface area contributed by atoms with Crippen LogP contribution in [0.25, 0.3) is 16.9 Å². The van der Waals surface area contributed by atoms with Crippen molar-refractivity contribution in [3.8, 4) is 22.7 Å². The van der Waals surface area contributed by atoms with Crippen molar-refractivity contribution in [3.05, 3.63) is 101 Å². The first-order valence-electron chi connectivity index (χ1n) is 9.41. The summed E-state index contributed by atoms with van der Waals surface area (Å²) in [7, 11) is 1.55. The summed E-state index contributed by atoms with van der Waals surface area (Å²) >= 11 is 0. The zero-order valence-corrected chi connectivity index (χ0v) is 16.6. The predicted octanol–water partition coefficient (Wildman–Crippen LogP) is 4.71. The number of hydrogen-bond donors (Lipinski definition) is 1. The highest BCUT2D eigenvalue weighted by Gasteiger charge is 2.21. The van der Waals surface area contributed by atoms with Gasteiger partial charge in [0.25, 0.3) is 11.6 Å². The van der Waals surface area contributed by atoms with Crippen molar-refractivity contribution in [2.75, 3.05) is 12.4 Å². The lowest BCUT2D eigenvalue weighted by atomic mass is 10.1. The number of non-ortho nitro benzene ring substituents is 1. The molecule has 0 unspecified atom stereocenters. The van der Waals surface area contributed by atoms with Gasteiger partial charge >= 0.3 is 0 Å². The Kier molecular flexibility index (Phi) is 5.44. The van der Waals surface area contributed by atoms with E-state index in [4.69, 9.17) is 4.74 Å². The number of nitro groups is 1. The zero-order chi connectivity index (χ0) is 21.8. The molecule has 4 aromatic rings. The molecule has 0 atom stereocenters. The van der Waals surface area contributed by atoms with Crippen LogP contribution >= 0.6 is 0 Å². The molecule has 3 aromatic carbocycles. The maximum atomic E-state index is 13.2. The first-order chi connectivity index (χ1) is 15.1. The summed E-state index contributed by atoms with van der Waals surface area (Å²) < 4.78 is 7.07. The first kappa shape index (κ1) is 19.8. The molecule has 1 aromatic heterocycles. The number of ether oxygens (including phenoxy) is 1. The second-order valence-electron chi connectivity index (χ2n) is 6.63. The highest BCUT2D eigenvalue weighted by atomic mass is 16.6. The topological polar surface area (TPSA) is 99.3 Å². The average Bonchev–Trinajstić information content (AvgIpc) is 3.25. The summed E-state index contributed by atoms with van der Waals surface area (Å²) in [4.78, 5) is 23.7. The molecule has 8 heteroatoms. The van der Waals surface area contributed by atoms with Crippen molar-refractivity contribution in [3.63, 3.8) is 0 Å². The van der Waals surface area contributed by atoms with Gasteiger partial charge in [-0.25, -0.2) is 4.68 Å². The molecule has 0 aliphatic carbocycles. The van der Waals surface area contributed by atoms with E-state index in [-0.39, 0.29) is 5.69 Å². The summed E-state index contributed by atoms with van der Waals surface area (Å²) in [5.74, 6) is 0.133. The lowest BCUT2D eigenvalue weighted by Gasteiger charge is -2.08. The minimum atomic E-state index is -0.511. The van der Waals surface area contributed by atoms with Gasteiger partial charge in [0.05, 0.1) is 23.3 Å². The Labute approximate surface area is 177 Å². The maximum absolute atomic E-state index is 13.2. The minimum Gasteiger partial charge on any atom is -0.496 e. The van der Waals surface area contributed by atoms with Crippen LogP contribution < -0.4 is 10.1 Å². The third-order valence-corrected chi connectivity index (χ3v) is 4.66. The van der Waals surface area contributed by atoms with E-state index in [0.717, 1.165) is 5.69 Å². The number of nitro benzene ring substituents is 1. The van der Waals surface area contributed by atoms with E-state index in [1.54, 1.807) is 30.1 Å². The van der Waals surface area contributed by atoms with E-state index in [1.165, 1.54) is 18.2 Å². The summed E-state index contributed by atoms with van der Waals surface area (Å²) in [6, 6.07) is 22.5. The third kappa shape index (κ3) is 4.13. The van der Waals surface area contributed by atoms with E-state index in [2.05, 4.69) is 10.4 Å². The van der Waals surface area contributed by atoms with Crippen LogP contribution in [0.3, 0.4) is 0 Å². The van der Waals surface area contributed by atoms with Gasteiger partial charge in [0.1, 0.15) is 11.4 Å². The Morgan fingerprint density at radius 2 is 1.77 bits per heavy atom. The van der Waals surface area contributed by atoms with Gasteiger partial charge in [0.2, 0.25) is 0 Å². The molecule has 0 aliphatic heterocycles. The molecule has 0 spiro atoms. The second kappa shape index (κ2) is 8.50. The van der Waals surface area contributed by atoms with Gasteiger partial charge in [0.15, 0.2) is 0 Å². The maximum Gasteiger partial charge on any atom is 0.271 e. The molecule has 0 fully saturated rings. The smallest absolute Gasteiger partial charge is 0.271 e. The number of nitrogens with zero attached hydrogens (tertiary/aromatic N) is 3. The summed E-state index contributed by atoms with van der Waals surface area (Å²) in [6.07, 6.45) is 1.63. The Bertz CT molecular complexity index is 1250. The number of carbonyl (C=O) groups excluding carboxylic acids is 1. The largest absolute Gasteiger partial charge is 0.496 e. The average molecular weight is 414 g/mol. The molecule has 31 heavy (non-hydrogen) atoms. The molecule has 0 saturated heterocycles. The molecule has 0 radical (unpaired) electrons. The highest BCUT2D eigenvalue weighted by molar-refractivity contribution is 6.08. The van der Waals surface area contributed by atoms with Crippen molar-refractivity contribution in [2.24, 2.45) is 0 Å². The van der Waals surface area contributed by atoms with Crippen molar-refractivity contribution < 1.29 is 14.5 Å². The van der Waals surface area contributed by atoms with Gasteiger partial charge in [-0.1, -0.05) is 36.4 Å². The van der Waals surface area contributed by atoms with Crippen LogP contribution in [0.5, 0.6) is 5.75 Å². The predicted molar refractivity (Wildman–Crippen MR) is 117 cm³/mol. The Morgan fingerprint density at radius 3 is 2.52 bits per heavy atom. The van der Waals surface area contributed by atoms with Crippen molar-refractivity contribution >= 4 is 17.3 Å². The molecule has 4 rings (SSSR count). The zero-order valence-electron chi connectivity index (χ0n) is 16.6. The summed E-state index contributed by atoms with van der Waals surface area (Å²) in [5, 5.41) is 18.4. The van der Waals surface area contributed by atoms with Gasteiger partial charge in [0, 0.05) is 29.6 Å². The van der Waals surface area contributed by atoms with E-state index < -0.39 is 10.8 Å². The molecular formula is C23H18N4O4. The first-order valence-corrected chi connectivity index (χ1v) is 9.41. The monoisotopic (exact) mass is 414 g/mol. The lowest BCUT2D eigenvalue weighted by Crippen LogP contribution is -2.12. The van der Waals surface area contributed by atoms with Crippen LogP contribution in [-0.4, -0.2) is 27.7 Å². The number of hydrogen-bond acceptors (Lipinski definition) is 5. The molecule has 0 saturated carbocycles. The van der Waals surface area contributed by atoms with Crippen molar-refractivity contribution in [2.45, 2.75) is 0 Å². The number of carbonyl (C=O) groups is 1. The molecular weight excluding hydrogens is 396 g/mol. The second-order valence-corrected chi connectivity index (χ2v) is 6.63. The molecule has 1 heterocycles. The van der Waals surface area contributed by atoms with Crippen LogP contribution in [-0.2, 0) is 0 Å². The van der Waals surface area contributed by atoms with E-state index in [0.29, 0.717) is 28.3 Å². The number of anilines is 1. The fraction of sp³-hybridized carbons (Fsp3) is 0.0435. The standard InChI is InChI=1S/C23H18N4O4/c1-31-21-13-6-5-12-19(21)22-20(15-26(25-22)17-9-3-2-4-10-17)23(28)24-16-8-7-11-18(14-16)27(29)30/h2-15H,1H3,(H,24,28). The number of aromatic nitrogens is 2. The third-order valence-electron chi connectivity index (χ3n) is 4.66. The van der Waals surface area contributed by atoms with E-state index >= 15 is 0 Å². The van der Waals surface area contributed by atoms with Gasteiger partial charge in [-0.15, -0.1) is 0 Å². The number of benzene rings is 3. The van der Waals surface area contributed by atoms with Crippen LogP contribution in [0.2, 0.25) is 0 Å². The highest BCUT2D eigenvalue weighted by Crippen LogP contribution is 2.32.